The number of rotatable bonds is 2. The van der Waals surface area contributed by atoms with Crippen molar-refractivity contribution in [3.8, 4) is 17.2 Å². The molecule has 0 unspecified atom stereocenters. The van der Waals surface area contributed by atoms with E-state index in [4.69, 9.17) is 5.26 Å². The van der Waals surface area contributed by atoms with Crippen LogP contribution in [0.25, 0.3) is 11.1 Å². The highest BCUT2D eigenvalue weighted by Crippen LogP contribution is 2.24. The first kappa shape index (κ1) is 11.0. The molecule has 82 valence electrons. The van der Waals surface area contributed by atoms with Crippen LogP contribution >= 0.6 is 0 Å². The summed E-state index contributed by atoms with van der Waals surface area (Å²) < 4.78 is 12.8. The van der Waals surface area contributed by atoms with Crippen LogP contribution in [-0.4, -0.2) is 6.29 Å². The molecule has 2 aromatic carbocycles. The molecule has 0 heterocycles. The number of hydrogen-bond acceptors (Lipinski definition) is 2. The lowest BCUT2D eigenvalue weighted by atomic mass is 9.98. The van der Waals surface area contributed by atoms with Crippen LogP contribution in [0.2, 0.25) is 0 Å². The van der Waals surface area contributed by atoms with Crippen LogP contribution in [0.4, 0.5) is 4.39 Å². The van der Waals surface area contributed by atoms with Crippen molar-refractivity contribution in [2.24, 2.45) is 0 Å². The molecule has 0 amide bonds. The maximum Gasteiger partial charge on any atom is 0.150 e. The van der Waals surface area contributed by atoms with E-state index in [0.29, 0.717) is 23.0 Å². The number of halogens is 1. The largest absolute Gasteiger partial charge is 0.298 e. The number of benzene rings is 2. The van der Waals surface area contributed by atoms with Crippen LogP contribution in [0.3, 0.4) is 0 Å². The summed E-state index contributed by atoms with van der Waals surface area (Å²) in [5.41, 5.74) is 2.30. The third kappa shape index (κ3) is 2.21. The summed E-state index contributed by atoms with van der Waals surface area (Å²) in [4.78, 5) is 10.6. The third-order valence-corrected chi connectivity index (χ3v) is 2.46. The van der Waals surface area contributed by atoms with E-state index < -0.39 is 0 Å². The van der Waals surface area contributed by atoms with E-state index in [0.717, 1.165) is 5.56 Å². The van der Waals surface area contributed by atoms with Gasteiger partial charge in [0.25, 0.3) is 0 Å². The maximum absolute atomic E-state index is 12.8. The van der Waals surface area contributed by atoms with E-state index in [-0.39, 0.29) is 5.82 Å². The second-order valence-electron chi connectivity index (χ2n) is 3.54. The second kappa shape index (κ2) is 4.58. The minimum absolute atomic E-state index is 0.322. The summed E-state index contributed by atoms with van der Waals surface area (Å²) in [5.74, 6) is -0.322. The van der Waals surface area contributed by atoms with Gasteiger partial charge in [-0.05, 0) is 29.3 Å². The van der Waals surface area contributed by atoms with E-state index in [1.807, 2.05) is 6.07 Å². The highest BCUT2D eigenvalue weighted by Gasteiger charge is 2.05. The Morgan fingerprint density at radius 3 is 2.41 bits per heavy atom. The van der Waals surface area contributed by atoms with Gasteiger partial charge in [-0.25, -0.2) is 4.39 Å². The van der Waals surface area contributed by atoms with E-state index in [1.54, 1.807) is 24.3 Å². The zero-order valence-corrected chi connectivity index (χ0v) is 8.85. The Labute approximate surface area is 97.9 Å². The minimum atomic E-state index is -0.322. The molecule has 2 aromatic rings. The zero-order chi connectivity index (χ0) is 12.3. The summed E-state index contributed by atoms with van der Waals surface area (Å²) in [6.45, 7) is 0. The molecule has 3 heteroatoms. The Hall–Kier alpha value is -2.47. The summed E-state index contributed by atoms with van der Waals surface area (Å²) >= 11 is 0. The molecule has 17 heavy (non-hydrogen) atoms. The quantitative estimate of drug-likeness (QED) is 0.736. The van der Waals surface area contributed by atoms with Crippen molar-refractivity contribution < 1.29 is 9.18 Å². The average molecular weight is 225 g/mol. The number of nitrogens with zero attached hydrogens (tertiary/aromatic N) is 1. The Morgan fingerprint density at radius 2 is 1.82 bits per heavy atom. The molecular formula is C14H8FNO. The van der Waals surface area contributed by atoms with Crippen LogP contribution in [0.1, 0.15) is 15.9 Å². The molecule has 0 N–H and O–H groups in total. The molecule has 0 radical (unpaired) electrons. The maximum atomic E-state index is 12.8. The van der Waals surface area contributed by atoms with Crippen molar-refractivity contribution in [1.82, 2.24) is 0 Å². The molecule has 0 aliphatic heterocycles. The van der Waals surface area contributed by atoms with Gasteiger partial charge < -0.3 is 0 Å². The van der Waals surface area contributed by atoms with Crippen LogP contribution in [0.5, 0.6) is 0 Å². The van der Waals surface area contributed by atoms with Gasteiger partial charge in [0.2, 0.25) is 0 Å². The fourth-order valence-electron chi connectivity index (χ4n) is 1.61. The first-order valence-electron chi connectivity index (χ1n) is 5.00. The molecule has 0 saturated heterocycles. The lowest BCUT2D eigenvalue weighted by molar-refractivity contribution is 0.112. The molecule has 0 atom stereocenters. The fourth-order valence-corrected chi connectivity index (χ4v) is 1.61. The van der Waals surface area contributed by atoms with E-state index >= 15 is 0 Å². The summed E-state index contributed by atoms with van der Waals surface area (Å²) in [6, 6.07) is 12.8. The van der Waals surface area contributed by atoms with Crippen molar-refractivity contribution >= 4 is 6.29 Å². The average Bonchev–Trinajstić information content (AvgIpc) is 2.39. The molecular weight excluding hydrogens is 217 g/mol. The molecule has 0 aliphatic rings. The number of carbonyl (C=O) groups excluding carboxylic acids is 1. The Bertz CT molecular complexity index is 597. The van der Waals surface area contributed by atoms with Gasteiger partial charge in [0.05, 0.1) is 11.6 Å². The highest BCUT2D eigenvalue weighted by molar-refractivity contribution is 5.80. The number of hydrogen-bond donors (Lipinski definition) is 0. The standard InChI is InChI=1S/C14H8FNO/c15-13-4-2-11(3-5-13)14-6-1-10(9-17)7-12(14)8-16/h1-7,9H. The van der Waals surface area contributed by atoms with Crippen molar-refractivity contribution in [2.75, 3.05) is 0 Å². The third-order valence-electron chi connectivity index (χ3n) is 2.46. The molecule has 0 spiro atoms. The second-order valence-corrected chi connectivity index (χ2v) is 3.54. The predicted molar refractivity (Wildman–Crippen MR) is 61.9 cm³/mol. The molecule has 0 fully saturated rings. The van der Waals surface area contributed by atoms with Gasteiger partial charge in [0.15, 0.2) is 0 Å². The van der Waals surface area contributed by atoms with E-state index in [9.17, 15) is 9.18 Å². The Balaban J connectivity index is 2.56. The zero-order valence-electron chi connectivity index (χ0n) is 8.85. The van der Waals surface area contributed by atoms with Gasteiger partial charge in [-0.15, -0.1) is 0 Å². The van der Waals surface area contributed by atoms with Gasteiger partial charge in [0.1, 0.15) is 12.1 Å². The Morgan fingerprint density at radius 1 is 1.12 bits per heavy atom. The number of carbonyl (C=O) groups is 1. The van der Waals surface area contributed by atoms with Gasteiger partial charge in [0, 0.05) is 5.56 Å². The van der Waals surface area contributed by atoms with Crippen molar-refractivity contribution in [2.45, 2.75) is 0 Å². The molecule has 0 aliphatic carbocycles. The molecule has 2 rings (SSSR count). The smallest absolute Gasteiger partial charge is 0.150 e. The predicted octanol–water partition coefficient (Wildman–Crippen LogP) is 3.18. The number of aldehydes is 1. The normalized spacial score (nSPS) is 9.65. The summed E-state index contributed by atoms with van der Waals surface area (Å²) in [5, 5.41) is 9.01. The fraction of sp³-hybridized carbons (Fsp3) is 0. The van der Waals surface area contributed by atoms with Crippen LogP contribution in [-0.2, 0) is 0 Å². The molecule has 0 bridgehead atoms. The van der Waals surface area contributed by atoms with Crippen molar-refractivity contribution in [3.63, 3.8) is 0 Å². The SMILES string of the molecule is N#Cc1cc(C=O)ccc1-c1ccc(F)cc1. The first-order valence-corrected chi connectivity index (χ1v) is 5.00. The Kier molecular flexibility index (Phi) is 2.97. The first-order chi connectivity index (χ1) is 8.24. The van der Waals surface area contributed by atoms with Gasteiger partial charge in [-0.1, -0.05) is 24.3 Å². The number of nitriles is 1. The summed E-state index contributed by atoms with van der Waals surface area (Å²) in [7, 11) is 0. The monoisotopic (exact) mass is 225 g/mol. The van der Waals surface area contributed by atoms with Gasteiger partial charge in [-0.3, -0.25) is 4.79 Å². The van der Waals surface area contributed by atoms with Gasteiger partial charge >= 0.3 is 0 Å². The van der Waals surface area contributed by atoms with Crippen molar-refractivity contribution in [1.29, 1.82) is 5.26 Å². The van der Waals surface area contributed by atoms with Crippen LogP contribution in [0.15, 0.2) is 42.5 Å². The lowest BCUT2D eigenvalue weighted by Gasteiger charge is -2.04. The highest BCUT2D eigenvalue weighted by atomic mass is 19.1. The molecule has 2 nitrogen and oxygen atoms in total. The summed E-state index contributed by atoms with van der Waals surface area (Å²) in [6.07, 6.45) is 0.690. The van der Waals surface area contributed by atoms with Gasteiger partial charge in [-0.2, -0.15) is 5.26 Å². The molecule has 0 aromatic heterocycles. The van der Waals surface area contributed by atoms with E-state index in [2.05, 4.69) is 0 Å². The van der Waals surface area contributed by atoms with E-state index in [1.165, 1.54) is 18.2 Å². The lowest BCUT2D eigenvalue weighted by Crippen LogP contribution is -1.88. The topological polar surface area (TPSA) is 40.9 Å². The molecule has 0 saturated carbocycles. The van der Waals surface area contributed by atoms with Crippen molar-refractivity contribution in [3.05, 3.63) is 59.4 Å². The minimum Gasteiger partial charge on any atom is -0.298 e. The van der Waals surface area contributed by atoms with Crippen LogP contribution < -0.4 is 0 Å². The van der Waals surface area contributed by atoms with Crippen LogP contribution in [0, 0.1) is 17.1 Å².